The molecule has 0 spiro atoms. The summed E-state index contributed by atoms with van der Waals surface area (Å²) in [5.74, 6) is 0. The van der Waals surface area contributed by atoms with Gasteiger partial charge in [-0.3, -0.25) is 4.90 Å². The monoisotopic (exact) mass is 270 g/mol. The molecule has 0 fully saturated rings. The van der Waals surface area contributed by atoms with Crippen LogP contribution in [0, 0.1) is 0 Å². The van der Waals surface area contributed by atoms with Crippen LogP contribution in [0.2, 0.25) is 5.02 Å². The summed E-state index contributed by atoms with van der Waals surface area (Å²) in [5, 5.41) is 0.684. The lowest BCUT2D eigenvalue weighted by atomic mass is 10.1. The zero-order chi connectivity index (χ0) is 13.5. The van der Waals surface area contributed by atoms with Crippen LogP contribution in [-0.2, 0) is 11.3 Å². The summed E-state index contributed by atoms with van der Waals surface area (Å²) >= 11 is 5.91. The molecule has 0 aliphatic carbocycles. The first-order chi connectivity index (χ1) is 8.58. The number of nitrogen functional groups attached to an aromatic ring is 1. The molecule has 0 amide bonds. The van der Waals surface area contributed by atoms with Crippen LogP contribution in [0.5, 0.6) is 0 Å². The normalized spacial score (nSPS) is 12.9. The van der Waals surface area contributed by atoms with Gasteiger partial charge in [-0.15, -0.1) is 0 Å². The Morgan fingerprint density at radius 3 is 2.72 bits per heavy atom. The number of rotatable bonds is 7. The Morgan fingerprint density at radius 1 is 1.44 bits per heavy atom. The molecule has 1 atom stereocenters. The maximum Gasteiger partial charge on any atom is 0.0589 e. The number of nitrogens with two attached hydrogens (primary N) is 1. The summed E-state index contributed by atoms with van der Waals surface area (Å²) in [7, 11) is 1.73. The van der Waals surface area contributed by atoms with E-state index in [-0.39, 0.29) is 0 Å². The first kappa shape index (κ1) is 15.3. The average molecular weight is 271 g/mol. The van der Waals surface area contributed by atoms with Crippen LogP contribution in [0.1, 0.15) is 25.8 Å². The minimum atomic E-state index is 0.509. The van der Waals surface area contributed by atoms with Gasteiger partial charge in [0.05, 0.1) is 6.61 Å². The highest BCUT2D eigenvalue weighted by atomic mass is 35.5. The fourth-order valence-corrected chi connectivity index (χ4v) is 2.03. The van der Waals surface area contributed by atoms with Crippen molar-refractivity contribution in [1.82, 2.24) is 4.90 Å². The predicted molar refractivity (Wildman–Crippen MR) is 77.9 cm³/mol. The first-order valence-corrected chi connectivity index (χ1v) is 6.73. The molecule has 0 saturated carbocycles. The smallest absolute Gasteiger partial charge is 0.0589 e. The maximum absolute atomic E-state index is 6.00. The average Bonchev–Trinajstić information content (AvgIpc) is 2.36. The van der Waals surface area contributed by atoms with E-state index in [1.165, 1.54) is 0 Å². The number of nitrogens with zero attached hydrogens (tertiary/aromatic N) is 1. The van der Waals surface area contributed by atoms with E-state index in [1.807, 2.05) is 18.2 Å². The lowest BCUT2D eigenvalue weighted by Crippen LogP contribution is -2.35. The van der Waals surface area contributed by atoms with Gasteiger partial charge in [0, 0.05) is 37.0 Å². The number of benzene rings is 1. The molecule has 4 heteroatoms. The van der Waals surface area contributed by atoms with Gasteiger partial charge in [0.1, 0.15) is 0 Å². The molecule has 1 aromatic rings. The van der Waals surface area contributed by atoms with E-state index in [2.05, 4.69) is 18.7 Å². The van der Waals surface area contributed by atoms with Crippen LogP contribution in [0.15, 0.2) is 18.2 Å². The van der Waals surface area contributed by atoms with E-state index < -0.39 is 0 Å². The topological polar surface area (TPSA) is 38.5 Å². The Balaban J connectivity index is 2.75. The maximum atomic E-state index is 6.00. The molecule has 18 heavy (non-hydrogen) atoms. The van der Waals surface area contributed by atoms with Gasteiger partial charge in [0.25, 0.3) is 0 Å². The molecule has 1 aromatic carbocycles. The van der Waals surface area contributed by atoms with Crippen molar-refractivity contribution >= 4 is 17.3 Å². The number of anilines is 1. The minimum absolute atomic E-state index is 0.509. The van der Waals surface area contributed by atoms with Gasteiger partial charge in [-0.05, 0) is 31.0 Å². The summed E-state index contributed by atoms with van der Waals surface area (Å²) in [4.78, 5) is 2.38. The molecule has 0 bridgehead atoms. The molecule has 0 heterocycles. The van der Waals surface area contributed by atoms with Gasteiger partial charge in [0.2, 0.25) is 0 Å². The zero-order valence-electron chi connectivity index (χ0n) is 11.4. The highest BCUT2D eigenvalue weighted by Crippen LogP contribution is 2.20. The van der Waals surface area contributed by atoms with Crippen molar-refractivity contribution in [1.29, 1.82) is 0 Å². The molecule has 0 aromatic heterocycles. The predicted octanol–water partition coefficient (Wildman–Crippen LogP) is 3.17. The van der Waals surface area contributed by atoms with Gasteiger partial charge >= 0.3 is 0 Å². The summed E-state index contributed by atoms with van der Waals surface area (Å²) in [6.45, 7) is 6.89. The van der Waals surface area contributed by atoms with Crippen molar-refractivity contribution < 1.29 is 4.74 Å². The third kappa shape index (κ3) is 4.48. The molecular weight excluding hydrogens is 248 g/mol. The summed E-state index contributed by atoms with van der Waals surface area (Å²) in [6, 6.07) is 6.20. The lowest BCUT2D eigenvalue weighted by molar-refractivity contribution is 0.118. The van der Waals surface area contributed by atoms with Gasteiger partial charge in [-0.25, -0.2) is 0 Å². The lowest BCUT2D eigenvalue weighted by Gasteiger charge is -2.28. The second-order valence-electron chi connectivity index (χ2n) is 4.56. The molecular formula is C14H23ClN2O. The second-order valence-corrected chi connectivity index (χ2v) is 5.00. The summed E-state index contributed by atoms with van der Waals surface area (Å²) in [5.41, 5.74) is 7.88. The molecule has 1 unspecified atom stereocenters. The van der Waals surface area contributed by atoms with E-state index in [9.17, 15) is 0 Å². The molecule has 0 aliphatic heterocycles. The van der Waals surface area contributed by atoms with Crippen LogP contribution in [0.4, 0.5) is 5.69 Å². The third-order valence-corrected chi connectivity index (χ3v) is 3.51. The van der Waals surface area contributed by atoms with Crippen molar-refractivity contribution in [2.75, 3.05) is 26.0 Å². The van der Waals surface area contributed by atoms with Crippen LogP contribution >= 0.6 is 11.6 Å². The van der Waals surface area contributed by atoms with Crippen LogP contribution in [-0.4, -0.2) is 31.2 Å². The number of halogens is 1. The van der Waals surface area contributed by atoms with E-state index in [0.29, 0.717) is 11.1 Å². The second kappa shape index (κ2) is 7.62. The molecule has 102 valence electrons. The molecule has 0 aliphatic rings. The van der Waals surface area contributed by atoms with Crippen molar-refractivity contribution in [3.8, 4) is 0 Å². The summed E-state index contributed by atoms with van der Waals surface area (Å²) < 4.78 is 5.16. The van der Waals surface area contributed by atoms with Crippen LogP contribution in [0.3, 0.4) is 0 Å². The Labute approximate surface area is 115 Å². The Bertz CT molecular complexity index is 371. The first-order valence-electron chi connectivity index (χ1n) is 6.35. The standard InChI is InChI=1S/C14H23ClN2O/c1-4-11(2)17(7-8-18-3)10-12-5-6-13(15)9-14(12)16/h5-6,9,11H,4,7-8,10,16H2,1-3H3. The Morgan fingerprint density at radius 2 is 2.17 bits per heavy atom. The van der Waals surface area contributed by atoms with E-state index in [0.717, 1.165) is 37.4 Å². The molecule has 1 rings (SSSR count). The fourth-order valence-electron chi connectivity index (χ4n) is 1.85. The van der Waals surface area contributed by atoms with Gasteiger partial charge in [-0.1, -0.05) is 24.6 Å². The minimum Gasteiger partial charge on any atom is -0.398 e. The largest absolute Gasteiger partial charge is 0.398 e. The van der Waals surface area contributed by atoms with E-state index in [1.54, 1.807) is 7.11 Å². The van der Waals surface area contributed by atoms with E-state index in [4.69, 9.17) is 22.1 Å². The van der Waals surface area contributed by atoms with Gasteiger partial charge in [-0.2, -0.15) is 0 Å². The number of methoxy groups -OCH3 is 1. The summed E-state index contributed by atoms with van der Waals surface area (Å²) in [6.07, 6.45) is 1.11. The number of hydrogen-bond donors (Lipinski definition) is 1. The third-order valence-electron chi connectivity index (χ3n) is 3.28. The molecule has 0 radical (unpaired) electrons. The van der Waals surface area contributed by atoms with Crippen molar-refractivity contribution in [3.05, 3.63) is 28.8 Å². The quantitative estimate of drug-likeness (QED) is 0.774. The molecule has 0 saturated heterocycles. The highest BCUT2D eigenvalue weighted by Gasteiger charge is 2.13. The Kier molecular flexibility index (Phi) is 6.47. The number of hydrogen-bond acceptors (Lipinski definition) is 3. The number of ether oxygens (including phenoxy) is 1. The van der Waals surface area contributed by atoms with Crippen molar-refractivity contribution in [3.63, 3.8) is 0 Å². The molecule has 3 nitrogen and oxygen atoms in total. The van der Waals surface area contributed by atoms with E-state index >= 15 is 0 Å². The van der Waals surface area contributed by atoms with Crippen molar-refractivity contribution in [2.45, 2.75) is 32.9 Å². The molecule has 2 N–H and O–H groups in total. The van der Waals surface area contributed by atoms with Crippen molar-refractivity contribution in [2.24, 2.45) is 0 Å². The van der Waals surface area contributed by atoms with Gasteiger partial charge < -0.3 is 10.5 Å². The SMILES string of the molecule is CCC(C)N(CCOC)Cc1ccc(Cl)cc1N. The Hall–Kier alpha value is -0.770. The van der Waals surface area contributed by atoms with Crippen LogP contribution < -0.4 is 5.73 Å². The highest BCUT2D eigenvalue weighted by molar-refractivity contribution is 6.30. The zero-order valence-corrected chi connectivity index (χ0v) is 12.2. The van der Waals surface area contributed by atoms with Crippen LogP contribution in [0.25, 0.3) is 0 Å². The van der Waals surface area contributed by atoms with Gasteiger partial charge in [0.15, 0.2) is 0 Å². The fraction of sp³-hybridized carbons (Fsp3) is 0.571.